The van der Waals surface area contributed by atoms with Crippen LogP contribution in [0.1, 0.15) is 36.9 Å². The highest BCUT2D eigenvalue weighted by atomic mass is 35.5. The van der Waals surface area contributed by atoms with Crippen molar-refractivity contribution < 1.29 is 14.3 Å². The second-order valence-corrected chi connectivity index (χ2v) is 7.83. The van der Waals surface area contributed by atoms with Crippen molar-refractivity contribution in [3.63, 3.8) is 0 Å². The van der Waals surface area contributed by atoms with E-state index < -0.39 is 0 Å². The molecule has 7 heteroatoms. The Morgan fingerprint density at radius 1 is 1.03 bits per heavy atom. The van der Waals surface area contributed by atoms with E-state index in [2.05, 4.69) is 27.7 Å². The van der Waals surface area contributed by atoms with Gasteiger partial charge in [-0.2, -0.15) is 0 Å². The van der Waals surface area contributed by atoms with Gasteiger partial charge in [0.25, 0.3) is 0 Å². The molecule has 2 aliphatic rings. The fourth-order valence-corrected chi connectivity index (χ4v) is 4.55. The first-order chi connectivity index (χ1) is 14.1. The van der Waals surface area contributed by atoms with Crippen LogP contribution < -0.4 is 20.1 Å². The lowest BCUT2D eigenvalue weighted by Crippen LogP contribution is -2.44. The number of fused-ring (bicyclic) bond motifs is 3. The minimum atomic E-state index is -0.0545. The van der Waals surface area contributed by atoms with Crippen LogP contribution in [0.5, 0.6) is 11.5 Å². The molecular formula is C23H30ClN3O3. The summed E-state index contributed by atoms with van der Waals surface area (Å²) in [6, 6.07) is 13.0. The lowest BCUT2D eigenvalue weighted by Gasteiger charge is -2.44. The Kier molecular flexibility index (Phi) is 7.10. The second-order valence-electron chi connectivity index (χ2n) is 7.83. The maximum Gasteiger partial charge on any atom is 0.221 e. The van der Waals surface area contributed by atoms with Gasteiger partial charge in [0.05, 0.1) is 14.2 Å². The number of hydrogen-bond acceptors (Lipinski definition) is 5. The molecule has 4 rings (SSSR count). The number of halogens is 1. The molecule has 0 radical (unpaired) electrons. The monoisotopic (exact) mass is 431 g/mol. The van der Waals surface area contributed by atoms with Crippen molar-refractivity contribution in [3.05, 3.63) is 47.5 Å². The van der Waals surface area contributed by atoms with Crippen LogP contribution >= 0.6 is 12.4 Å². The highest BCUT2D eigenvalue weighted by molar-refractivity contribution is 5.88. The molecular weight excluding hydrogens is 402 g/mol. The third-order valence-corrected chi connectivity index (χ3v) is 5.96. The van der Waals surface area contributed by atoms with E-state index in [4.69, 9.17) is 9.47 Å². The fraction of sp³-hybridized carbons (Fsp3) is 0.435. The zero-order valence-corrected chi connectivity index (χ0v) is 18.6. The van der Waals surface area contributed by atoms with Gasteiger partial charge in [-0.15, -0.1) is 12.4 Å². The smallest absolute Gasteiger partial charge is 0.221 e. The molecule has 2 aromatic carbocycles. The first kappa shape index (κ1) is 22.2. The molecule has 2 aromatic rings. The van der Waals surface area contributed by atoms with Crippen LogP contribution in [0, 0.1) is 0 Å². The first-order valence-corrected chi connectivity index (χ1v) is 10.2. The number of carbonyl (C=O) groups excluding carboxylic acids is 1. The Hall–Kier alpha value is -2.44. The third-order valence-electron chi connectivity index (χ3n) is 5.96. The molecule has 2 N–H and O–H groups in total. The summed E-state index contributed by atoms with van der Waals surface area (Å²) in [4.78, 5) is 13.8. The van der Waals surface area contributed by atoms with Crippen molar-refractivity contribution >= 4 is 29.7 Å². The number of hydrogen-bond donors (Lipinski definition) is 2. The molecule has 1 amide bonds. The summed E-state index contributed by atoms with van der Waals surface area (Å²) in [6.07, 6.45) is 3.22. The van der Waals surface area contributed by atoms with E-state index in [0.29, 0.717) is 12.1 Å². The van der Waals surface area contributed by atoms with Crippen LogP contribution in [-0.2, 0) is 11.2 Å². The van der Waals surface area contributed by atoms with Gasteiger partial charge in [0.2, 0.25) is 5.91 Å². The number of benzene rings is 2. The van der Waals surface area contributed by atoms with E-state index in [-0.39, 0.29) is 18.3 Å². The topological polar surface area (TPSA) is 62.8 Å². The zero-order chi connectivity index (χ0) is 20.4. The number of nitrogens with zero attached hydrogens (tertiary/aromatic N) is 1. The van der Waals surface area contributed by atoms with Crippen LogP contribution in [0.2, 0.25) is 0 Å². The lowest BCUT2D eigenvalue weighted by molar-refractivity contribution is -0.114. The summed E-state index contributed by atoms with van der Waals surface area (Å²) >= 11 is 0. The molecule has 1 fully saturated rings. The minimum absolute atomic E-state index is 0. The van der Waals surface area contributed by atoms with Crippen LogP contribution in [0.4, 0.5) is 11.4 Å². The normalized spacial score (nSPS) is 20.2. The first-order valence-electron chi connectivity index (χ1n) is 10.2. The van der Waals surface area contributed by atoms with Gasteiger partial charge in [-0.3, -0.25) is 9.69 Å². The minimum Gasteiger partial charge on any atom is -0.493 e. The van der Waals surface area contributed by atoms with Crippen LogP contribution in [0.3, 0.4) is 0 Å². The number of piperidine rings is 1. The van der Waals surface area contributed by atoms with Crippen molar-refractivity contribution in [2.45, 2.75) is 38.3 Å². The summed E-state index contributed by atoms with van der Waals surface area (Å²) in [5.41, 5.74) is 4.63. The van der Waals surface area contributed by atoms with Gasteiger partial charge in [0.1, 0.15) is 0 Å². The van der Waals surface area contributed by atoms with Crippen LogP contribution in [0.15, 0.2) is 36.4 Å². The molecule has 162 valence electrons. The number of rotatable bonds is 5. The number of methoxy groups -OCH3 is 2. The van der Waals surface area contributed by atoms with E-state index in [1.165, 1.54) is 18.1 Å². The standard InChI is InChI=1S/C23H29N3O3.ClH/c1-15(27)24-17-4-6-18(7-5-17)25-19-9-11-26-10-8-16-12-22(28-2)23(29-3)14-20(16)21(26)13-19;/h4-7,12,14,19,21,25H,8-11,13H2,1-3H3,(H,24,27);1H. The zero-order valence-electron chi connectivity index (χ0n) is 17.7. The molecule has 2 unspecified atom stereocenters. The van der Waals surface area contributed by atoms with E-state index in [9.17, 15) is 4.79 Å². The molecule has 2 aliphatic heterocycles. The molecule has 6 nitrogen and oxygen atoms in total. The quantitative estimate of drug-likeness (QED) is 0.740. The van der Waals surface area contributed by atoms with Crippen LogP contribution in [0.25, 0.3) is 0 Å². The molecule has 0 saturated carbocycles. The molecule has 2 atom stereocenters. The molecule has 2 heterocycles. The Labute approximate surface area is 184 Å². The molecule has 0 spiro atoms. The van der Waals surface area contributed by atoms with Gasteiger partial charge in [0.15, 0.2) is 11.5 Å². The van der Waals surface area contributed by atoms with Gasteiger partial charge in [-0.05, 0) is 66.8 Å². The summed E-state index contributed by atoms with van der Waals surface area (Å²) < 4.78 is 11.0. The Morgan fingerprint density at radius 3 is 2.37 bits per heavy atom. The number of ether oxygens (including phenoxy) is 2. The molecule has 30 heavy (non-hydrogen) atoms. The van der Waals surface area contributed by atoms with Crippen molar-refractivity contribution in [2.24, 2.45) is 0 Å². The van der Waals surface area contributed by atoms with Crippen LogP contribution in [-0.4, -0.2) is 44.2 Å². The average Bonchev–Trinajstić information content (AvgIpc) is 2.73. The van der Waals surface area contributed by atoms with E-state index in [1.807, 2.05) is 24.3 Å². The number of nitrogens with one attached hydrogen (secondary N) is 2. The largest absolute Gasteiger partial charge is 0.493 e. The molecule has 1 saturated heterocycles. The summed E-state index contributed by atoms with van der Waals surface area (Å²) in [5.74, 6) is 1.56. The number of carbonyl (C=O) groups is 1. The molecule has 0 bridgehead atoms. The highest BCUT2D eigenvalue weighted by Crippen LogP contribution is 2.42. The lowest BCUT2D eigenvalue weighted by atomic mass is 9.84. The van der Waals surface area contributed by atoms with Gasteiger partial charge in [-0.1, -0.05) is 0 Å². The van der Waals surface area contributed by atoms with E-state index in [0.717, 1.165) is 55.2 Å². The van der Waals surface area contributed by atoms with Crippen molar-refractivity contribution in [2.75, 3.05) is 37.9 Å². The van der Waals surface area contributed by atoms with Gasteiger partial charge >= 0.3 is 0 Å². The maximum atomic E-state index is 11.2. The van der Waals surface area contributed by atoms with Crippen molar-refractivity contribution in [1.82, 2.24) is 4.90 Å². The van der Waals surface area contributed by atoms with E-state index in [1.54, 1.807) is 14.2 Å². The Bertz CT molecular complexity index is 888. The Balaban J connectivity index is 0.00000256. The summed E-state index contributed by atoms with van der Waals surface area (Å²) in [5, 5.41) is 6.49. The molecule has 0 aliphatic carbocycles. The second kappa shape index (κ2) is 9.58. The molecule has 0 aromatic heterocycles. The number of anilines is 2. The predicted molar refractivity (Wildman–Crippen MR) is 122 cm³/mol. The van der Waals surface area contributed by atoms with Crippen molar-refractivity contribution in [1.29, 1.82) is 0 Å². The van der Waals surface area contributed by atoms with Gasteiger partial charge in [-0.25, -0.2) is 0 Å². The summed E-state index contributed by atoms with van der Waals surface area (Å²) in [7, 11) is 3.39. The third kappa shape index (κ3) is 4.65. The maximum absolute atomic E-state index is 11.2. The van der Waals surface area contributed by atoms with E-state index >= 15 is 0 Å². The van der Waals surface area contributed by atoms with Crippen molar-refractivity contribution in [3.8, 4) is 11.5 Å². The summed E-state index contributed by atoms with van der Waals surface area (Å²) in [6.45, 7) is 3.69. The number of amides is 1. The van der Waals surface area contributed by atoms with Gasteiger partial charge in [0, 0.05) is 43.5 Å². The average molecular weight is 432 g/mol. The van der Waals surface area contributed by atoms with Gasteiger partial charge < -0.3 is 20.1 Å². The SMILES string of the molecule is COc1cc2c(cc1OC)C1CC(Nc3ccc(NC(C)=O)cc3)CCN1CC2.Cl. The fourth-order valence-electron chi connectivity index (χ4n) is 4.55. The predicted octanol–water partition coefficient (Wildman–Crippen LogP) is 4.26. The highest BCUT2D eigenvalue weighted by Gasteiger charge is 2.34. The Morgan fingerprint density at radius 2 is 1.70 bits per heavy atom.